The molecule has 0 aliphatic heterocycles. The molecule has 0 radical (unpaired) electrons. The van der Waals surface area contributed by atoms with E-state index in [1.54, 1.807) is 0 Å². The molecule has 0 heterocycles. The molecule has 0 unspecified atom stereocenters. The number of aliphatic hydroxyl groups is 1. The molecule has 0 saturated heterocycles. The first-order valence-electron chi connectivity index (χ1n) is 7.02. The van der Waals surface area contributed by atoms with Gasteiger partial charge in [0.15, 0.2) is 5.78 Å². The molecule has 106 valence electrons. The van der Waals surface area contributed by atoms with Crippen molar-refractivity contribution in [2.24, 2.45) is 0 Å². The van der Waals surface area contributed by atoms with Crippen LogP contribution in [0.15, 0.2) is 24.3 Å². The predicted octanol–water partition coefficient (Wildman–Crippen LogP) is 2.66. The zero-order valence-corrected chi connectivity index (χ0v) is 12.1. The highest BCUT2D eigenvalue weighted by atomic mass is 16.2. The molecule has 1 rings (SSSR count). The largest absolute Gasteiger partial charge is 0.396 e. The molecule has 0 fully saturated rings. The molecule has 0 bridgehead atoms. The summed E-state index contributed by atoms with van der Waals surface area (Å²) in [6, 6.07) is 7.76. The molecule has 0 aromatic heterocycles. The Morgan fingerprint density at radius 1 is 1.11 bits per heavy atom. The van der Waals surface area contributed by atoms with Crippen molar-refractivity contribution in [2.75, 3.05) is 26.7 Å². The van der Waals surface area contributed by atoms with Gasteiger partial charge in [0.05, 0.1) is 0 Å². The third-order valence-corrected chi connectivity index (χ3v) is 3.29. The van der Waals surface area contributed by atoms with Crippen molar-refractivity contribution in [3.05, 3.63) is 35.4 Å². The molecular weight excluding hydrogens is 238 g/mol. The van der Waals surface area contributed by atoms with E-state index in [1.807, 2.05) is 38.2 Å². The summed E-state index contributed by atoms with van der Waals surface area (Å²) in [5.41, 5.74) is 1.98. The van der Waals surface area contributed by atoms with Crippen LogP contribution in [0, 0.1) is 6.92 Å². The summed E-state index contributed by atoms with van der Waals surface area (Å²) in [7, 11) is 2.04. The van der Waals surface area contributed by atoms with Gasteiger partial charge in [0.25, 0.3) is 0 Å². The normalized spacial score (nSPS) is 10.9. The summed E-state index contributed by atoms with van der Waals surface area (Å²) in [4.78, 5) is 14.2. The fourth-order valence-electron chi connectivity index (χ4n) is 1.96. The summed E-state index contributed by atoms with van der Waals surface area (Å²) < 4.78 is 0. The van der Waals surface area contributed by atoms with Crippen molar-refractivity contribution >= 4 is 5.78 Å². The first kappa shape index (κ1) is 15.9. The van der Waals surface area contributed by atoms with E-state index in [0.29, 0.717) is 6.42 Å². The fraction of sp³-hybridized carbons (Fsp3) is 0.562. The van der Waals surface area contributed by atoms with Crippen LogP contribution in [0.1, 0.15) is 41.6 Å². The topological polar surface area (TPSA) is 40.5 Å². The Hall–Kier alpha value is -1.19. The summed E-state index contributed by atoms with van der Waals surface area (Å²) in [5.74, 6) is 0.210. The van der Waals surface area contributed by atoms with Gasteiger partial charge in [0, 0.05) is 25.1 Å². The summed E-state index contributed by atoms with van der Waals surface area (Å²) >= 11 is 0. The molecule has 0 saturated carbocycles. The number of rotatable bonds is 9. The van der Waals surface area contributed by atoms with Gasteiger partial charge in [0.1, 0.15) is 0 Å². The highest BCUT2D eigenvalue weighted by Crippen LogP contribution is 2.07. The summed E-state index contributed by atoms with van der Waals surface area (Å²) in [6.07, 6.45) is 3.57. The van der Waals surface area contributed by atoms with Crippen LogP contribution in [0.3, 0.4) is 0 Å². The SMILES string of the molecule is Cc1ccc(C(=O)CCN(C)CCCCCO)cc1. The molecule has 0 aliphatic rings. The lowest BCUT2D eigenvalue weighted by Crippen LogP contribution is -2.23. The molecule has 0 amide bonds. The molecule has 0 atom stereocenters. The summed E-state index contributed by atoms with van der Waals surface area (Å²) in [5, 5.41) is 8.69. The Kier molecular flexibility index (Phi) is 7.38. The minimum absolute atomic E-state index is 0.210. The predicted molar refractivity (Wildman–Crippen MR) is 78.6 cm³/mol. The summed E-state index contributed by atoms with van der Waals surface area (Å²) in [6.45, 7) is 4.08. The molecule has 1 aromatic rings. The smallest absolute Gasteiger partial charge is 0.164 e. The van der Waals surface area contributed by atoms with E-state index in [9.17, 15) is 4.79 Å². The van der Waals surface area contributed by atoms with Crippen LogP contribution in [-0.4, -0.2) is 42.5 Å². The van der Waals surface area contributed by atoms with E-state index in [2.05, 4.69) is 4.90 Å². The van der Waals surface area contributed by atoms with Crippen LogP contribution in [0.2, 0.25) is 0 Å². The van der Waals surface area contributed by atoms with E-state index < -0.39 is 0 Å². The number of hydrogen-bond donors (Lipinski definition) is 1. The molecule has 0 aliphatic carbocycles. The van der Waals surface area contributed by atoms with E-state index in [4.69, 9.17) is 5.11 Å². The first-order valence-corrected chi connectivity index (χ1v) is 7.02. The number of carbonyl (C=O) groups excluding carboxylic acids is 1. The van der Waals surface area contributed by atoms with Gasteiger partial charge in [-0.3, -0.25) is 4.79 Å². The van der Waals surface area contributed by atoms with Crippen molar-refractivity contribution < 1.29 is 9.90 Å². The minimum atomic E-state index is 0.210. The van der Waals surface area contributed by atoms with Gasteiger partial charge in [-0.15, -0.1) is 0 Å². The number of carbonyl (C=O) groups is 1. The van der Waals surface area contributed by atoms with Gasteiger partial charge < -0.3 is 10.0 Å². The quantitative estimate of drug-likeness (QED) is 0.550. The van der Waals surface area contributed by atoms with Gasteiger partial charge in [0.2, 0.25) is 0 Å². The van der Waals surface area contributed by atoms with E-state index in [-0.39, 0.29) is 12.4 Å². The van der Waals surface area contributed by atoms with Crippen LogP contribution in [0.4, 0.5) is 0 Å². The van der Waals surface area contributed by atoms with Crippen LogP contribution >= 0.6 is 0 Å². The number of aliphatic hydroxyl groups excluding tert-OH is 1. The third kappa shape index (κ3) is 6.50. The van der Waals surface area contributed by atoms with Gasteiger partial charge in [-0.05, 0) is 39.8 Å². The van der Waals surface area contributed by atoms with Gasteiger partial charge in [-0.25, -0.2) is 0 Å². The van der Waals surface area contributed by atoms with Crippen molar-refractivity contribution in [2.45, 2.75) is 32.6 Å². The molecule has 19 heavy (non-hydrogen) atoms. The Morgan fingerprint density at radius 2 is 1.79 bits per heavy atom. The lowest BCUT2D eigenvalue weighted by atomic mass is 10.1. The average Bonchev–Trinajstić information content (AvgIpc) is 2.42. The standard InChI is InChI=1S/C16H25NO2/c1-14-6-8-15(9-7-14)16(19)10-12-17(2)11-4-3-5-13-18/h6-9,18H,3-5,10-13H2,1-2H3. The van der Waals surface area contributed by atoms with Gasteiger partial charge in [-0.1, -0.05) is 29.8 Å². The molecule has 1 N–H and O–H groups in total. The Balaban J connectivity index is 2.24. The monoisotopic (exact) mass is 263 g/mol. The molecule has 3 heteroatoms. The average molecular weight is 263 g/mol. The van der Waals surface area contributed by atoms with Crippen molar-refractivity contribution in [1.82, 2.24) is 4.90 Å². The van der Waals surface area contributed by atoms with Crippen LogP contribution < -0.4 is 0 Å². The number of nitrogens with zero attached hydrogens (tertiary/aromatic N) is 1. The second-order valence-corrected chi connectivity index (χ2v) is 5.13. The minimum Gasteiger partial charge on any atom is -0.396 e. The second kappa shape index (κ2) is 8.83. The molecular formula is C16H25NO2. The number of unbranched alkanes of at least 4 members (excludes halogenated alkanes) is 2. The van der Waals surface area contributed by atoms with Crippen molar-refractivity contribution in [1.29, 1.82) is 0 Å². The lowest BCUT2D eigenvalue weighted by molar-refractivity contribution is 0.0968. The molecule has 0 spiro atoms. The van der Waals surface area contributed by atoms with Crippen LogP contribution in [0.5, 0.6) is 0 Å². The molecule has 1 aromatic carbocycles. The van der Waals surface area contributed by atoms with E-state index in [0.717, 1.165) is 37.9 Å². The Morgan fingerprint density at radius 3 is 2.42 bits per heavy atom. The van der Waals surface area contributed by atoms with Crippen LogP contribution in [0.25, 0.3) is 0 Å². The number of aryl methyl sites for hydroxylation is 1. The number of hydrogen-bond acceptors (Lipinski definition) is 3. The third-order valence-electron chi connectivity index (χ3n) is 3.29. The zero-order valence-electron chi connectivity index (χ0n) is 12.1. The fourth-order valence-corrected chi connectivity index (χ4v) is 1.96. The van der Waals surface area contributed by atoms with E-state index in [1.165, 1.54) is 5.56 Å². The van der Waals surface area contributed by atoms with Gasteiger partial charge >= 0.3 is 0 Å². The maximum absolute atomic E-state index is 12.0. The van der Waals surface area contributed by atoms with Gasteiger partial charge in [-0.2, -0.15) is 0 Å². The number of benzene rings is 1. The lowest BCUT2D eigenvalue weighted by Gasteiger charge is -2.15. The maximum atomic E-state index is 12.0. The van der Waals surface area contributed by atoms with Crippen molar-refractivity contribution in [3.63, 3.8) is 0 Å². The Bertz CT molecular complexity index is 373. The van der Waals surface area contributed by atoms with Crippen LogP contribution in [-0.2, 0) is 0 Å². The highest BCUT2D eigenvalue weighted by Gasteiger charge is 2.07. The Labute approximate surface area is 116 Å². The van der Waals surface area contributed by atoms with Crippen molar-refractivity contribution in [3.8, 4) is 0 Å². The second-order valence-electron chi connectivity index (χ2n) is 5.13. The zero-order chi connectivity index (χ0) is 14.1. The van der Waals surface area contributed by atoms with E-state index >= 15 is 0 Å². The maximum Gasteiger partial charge on any atom is 0.164 e. The first-order chi connectivity index (χ1) is 9.13. The number of Topliss-reactive ketones (excluding diaryl/α,β-unsaturated/α-hetero) is 1. The number of ketones is 1. The highest BCUT2D eigenvalue weighted by molar-refractivity contribution is 5.96. The molecule has 3 nitrogen and oxygen atoms in total.